The Balaban J connectivity index is 2.42. The zero-order valence-electron chi connectivity index (χ0n) is 12.0. The normalized spacial score (nSPS) is 12.4. The molecule has 1 aromatic carbocycles. The summed E-state index contributed by atoms with van der Waals surface area (Å²) in [5.41, 5.74) is 4.99. The highest BCUT2D eigenvalue weighted by Gasteiger charge is 2.17. The van der Waals surface area contributed by atoms with Crippen LogP contribution >= 0.6 is 0 Å². The van der Waals surface area contributed by atoms with Crippen molar-refractivity contribution in [1.82, 2.24) is 10.3 Å². The minimum absolute atomic E-state index is 0.183. The van der Waals surface area contributed by atoms with Crippen molar-refractivity contribution in [1.29, 1.82) is 0 Å². The van der Waals surface area contributed by atoms with Crippen LogP contribution in [0.3, 0.4) is 0 Å². The summed E-state index contributed by atoms with van der Waals surface area (Å²) in [6.45, 7) is 7.47. The van der Waals surface area contributed by atoms with E-state index < -0.39 is 0 Å². The van der Waals surface area contributed by atoms with E-state index in [1.807, 2.05) is 12.3 Å². The fourth-order valence-electron chi connectivity index (χ4n) is 2.35. The fourth-order valence-corrected chi connectivity index (χ4v) is 2.35. The Morgan fingerprint density at radius 2 is 1.79 bits per heavy atom. The summed E-state index contributed by atoms with van der Waals surface area (Å²) in [6, 6.07) is 12.8. The molecule has 2 heteroatoms. The van der Waals surface area contributed by atoms with E-state index in [0.29, 0.717) is 0 Å². The molecule has 2 nitrogen and oxygen atoms in total. The molecule has 0 saturated carbocycles. The molecule has 1 N–H and O–H groups in total. The van der Waals surface area contributed by atoms with Crippen LogP contribution in [0.2, 0.25) is 0 Å². The van der Waals surface area contributed by atoms with Gasteiger partial charge in [0.1, 0.15) is 0 Å². The van der Waals surface area contributed by atoms with Gasteiger partial charge in [-0.15, -0.1) is 0 Å². The van der Waals surface area contributed by atoms with Gasteiger partial charge in [0.2, 0.25) is 0 Å². The van der Waals surface area contributed by atoms with E-state index in [0.717, 1.165) is 18.7 Å². The van der Waals surface area contributed by atoms with Gasteiger partial charge in [-0.2, -0.15) is 0 Å². The van der Waals surface area contributed by atoms with E-state index in [1.54, 1.807) is 0 Å². The summed E-state index contributed by atoms with van der Waals surface area (Å²) >= 11 is 0. The van der Waals surface area contributed by atoms with Gasteiger partial charge in [0.25, 0.3) is 0 Å². The Labute approximate surface area is 115 Å². The third kappa shape index (κ3) is 3.21. The van der Waals surface area contributed by atoms with E-state index >= 15 is 0 Å². The van der Waals surface area contributed by atoms with Crippen LogP contribution in [0.25, 0.3) is 0 Å². The van der Waals surface area contributed by atoms with E-state index in [-0.39, 0.29) is 6.04 Å². The molecular weight excluding hydrogens is 232 g/mol. The maximum absolute atomic E-state index is 4.59. The second-order valence-electron chi connectivity index (χ2n) is 4.95. The highest BCUT2D eigenvalue weighted by Crippen LogP contribution is 2.25. The largest absolute Gasteiger partial charge is 0.305 e. The Morgan fingerprint density at radius 3 is 2.47 bits per heavy atom. The van der Waals surface area contributed by atoms with Gasteiger partial charge >= 0.3 is 0 Å². The van der Waals surface area contributed by atoms with Gasteiger partial charge in [-0.25, -0.2) is 0 Å². The van der Waals surface area contributed by atoms with Crippen molar-refractivity contribution in [3.8, 4) is 0 Å². The predicted molar refractivity (Wildman–Crippen MR) is 80.3 cm³/mol. The third-order valence-electron chi connectivity index (χ3n) is 3.42. The number of nitrogens with zero attached hydrogens (tertiary/aromatic N) is 1. The summed E-state index contributed by atoms with van der Waals surface area (Å²) in [5.74, 6) is 0. The van der Waals surface area contributed by atoms with Crippen LogP contribution in [0.5, 0.6) is 0 Å². The average molecular weight is 254 g/mol. The quantitative estimate of drug-likeness (QED) is 0.878. The van der Waals surface area contributed by atoms with Crippen LogP contribution in [-0.2, 0) is 0 Å². The van der Waals surface area contributed by atoms with Crippen LogP contribution < -0.4 is 5.32 Å². The van der Waals surface area contributed by atoms with E-state index in [2.05, 4.69) is 61.4 Å². The lowest BCUT2D eigenvalue weighted by molar-refractivity contribution is 0.581. The van der Waals surface area contributed by atoms with Crippen molar-refractivity contribution in [2.24, 2.45) is 0 Å². The summed E-state index contributed by atoms with van der Waals surface area (Å²) in [4.78, 5) is 4.59. The minimum Gasteiger partial charge on any atom is -0.305 e. The molecular formula is C17H22N2. The highest BCUT2D eigenvalue weighted by atomic mass is 14.9. The fraction of sp³-hybridized carbons (Fsp3) is 0.353. The lowest BCUT2D eigenvalue weighted by atomic mass is 9.96. The number of pyridine rings is 1. The minimum atomic E-state index is 0.183. The lowest BCUT2D eigenvalue weighted by Gasteiger charge is -2.22. The molecule has 2 rings (SSSR count). The standard InChI is InChI=1S/C17H22N2/c1-4-11-18-17(15-10-6-5-8-13(15)2)16-14(3)9-7-12-19-16/h5-10,12,17-18H,4,11H2,1-3H3. The van der Waals surface area contributed by atoms with Gasteiger partial charge in [-0.3, -0.25) is 4.98 Å². The maximum atomic E-state index is 4.59. The number of rotatable bonds is 5. The molecule has 0 aliphatic carbocycles. The van der Waals surface area contributed by atoms with Crippen LogP contribution in [0, 0.1) is 13.8 Å². The van der Waals surface area contributed by atoms with Crippen LogP contribution in [0.1, 0.15) is 41.8 Å². The molecule has 0 amide bonds. The molecule has 0 aliphatic heterocycles. The molecule has 0 bridgehead atoms. The molecule has 1 unspecified atom stereocenters. The second-order valence-corrected chi connectivity index (χ2v) is 4.95. The summed E-state index contributed by atoms with van der Waals surface area (Å²) < 4.78 is 0. The zero-order chi connectivity index (χ0) is 13.7. The number of hydrogen-bond acceptors (Lipinski definition) is 2. The first-order valence-electron chi connectivity index (χ1n) is 6.94. The zero-order valence-corrected chi connectivity index (χ0v) is 12.0. The van der Waals surface area contributed by atoms with Crippen LogP contribution in [0.15, 0.2) is 42.6 Å². The topological polar surface area (TPSA) is 24.9 Å². The van der Waals surface area contributed by atoms with Crippen molar-refractivity contribution in [2.45, 2.75) is 33.2 Å². The molecule has 0 aliphatic rings. The maximum Gasteiger partial charge on any atom is 0.0756 e. The van der Waals surface area contributed by atoms with Crippen molar-refractivity contribution in [2.75, 3.05) is 6.54 Å². The SMILES string of the molecule is CCCNC(c1ccccc1C)c1ncccc1C. The number of hydrogen-bond donors (Lipinski definition) is 1. The van der Waals surface area contributed by atoms with Gasteiger partial charge in [0, 0.05) is 6.20 Å². The first kappa shape index (κ1) is 13.8. The van der Waals surface area contributed by atoms with Crippen molar-refractivity contribution in [3.63, 3.8) is 0 Å². The summed E-state index contributed by atoms with van der Waals surface area (Å²) in [6.07, 6.45) is 3.00. The molecule has 100 valence electrons. The molecule has 2 aromatic rings. The molecule has 0 fully saturated rings. The summed E-state index contributed by atoms with van der Waals surface area (Å²) in [7, 11) is 0. The Bertz CT molecular complexity index is 489. The predicted octanol–water partition coefficient (Wildman–Crippen LogP) is 3.79. The van der Waals surface area contributed by atoms with Gasteiger partial charge in [0.15, 0.2) is 0 Å². The van der Waals surface area contributed by atoms with Gasteiger partial charge in [-0.1, -0.05) is 37.3 Å². The van der Waals surface area contributed by atoms with Gasteiger partial charge in [0.05, 0.1) is 11.7 Å². The van der Waals surface area contributed by atoms with Crippen LogP contribution in [0.4, 0.5) is 0 Å². The first-order chi connectivity index (χ1) is 9.24. The molecule has 1 atom stereocenters. The van der Waals surface area contributed by atoms with E-state index in [4.69, 9.17) is 0 Å². The number of benzene rings is 1. The lowest BCUT2D eigenvalue weighted by Crippen LogP contribution is -2.25. The van der Waals surface area contributed by atoms with E-state index in [1.165, 1.54) is 16.7 Å². The Kier molecular flexibility index (Phi) is 4.69. The summed E-state index contributed by atoms with van der Waals surface area (Å²) in [5, 5.41) is 3.62. The second kappa shape index (κ2) is 6.48. The van der Waals surface area contributed by atoms with Gasteiger partial charge in [-0.05, 0) is 49.6 Å². The number of aromatic nitrogens is 1. The third-order valence-corrected chi connectivity index (χ3v) is 3.42. The number of nitrogens with one attached hydrogen (secondary N) is 1. The monoisotopic (exact) mass is 254 g/mol. The highest BCUT2D eigenvalue weighted by molar-refractivity contribution is 5.36. The first-order valence-corrected chi connectivity index (χ1v) is 6.94. The molecule has 19 heavy (non-hydrogen) atoms. The molecule has 1 aromatic heterocycles. The van der Waals surface area contributed by atoms with Crippen molar-refractivity contribution < 1.29 is 0 Å². The van der Waals surface area contributed by atoms with Crippen LogP contribution in [-0.4, -0.2) is 11.5 Å². The van der Waals surface area contributed by atoms with Gasteiger partial charge < -0.3 is 5.32 Å². The van der Waals surface area contributed by atoms with Crippen molar-refractivity contribution in [3.05, 3.63) is 65.0 Å². The molecule has 1 heterocycles. The molecule has 0 spiro atoms. The van der Waals surface area contributed by atoms with Crippen molar-refractivity contribution >= 4 is 0 Å². The molecule has 0 radical (unpaired) electrons. The van der Waals surface area contributed by atoms with E-state index in [9.17, 15) is 0 Å². The number of aryl methyl sites for hydroxylation is 2. The smallest absolute Gasteiger partial charge is 0.0756 e. The Morgan fingerprint density at radius 1 is 1.05 bits per heavy atom. The molecule has 0 saturated heterocycles. The average Bonchev–Trinajstić information content (AvgIpc) is 2.42. The Hall–Kier alpha value is -1.67.